The van der Waals surface area contributed by atoms with Gasteiger partial charge in [-0.15, -0.1) is 0 Å². The van der Waals surface area contributed by atoms with Gasteiger partial charge in [-0.1, -0.05) is 44.9 Å². The fourth-order valence-electron chi connectivity index (χ4n) is 3.39. The second-order valence-corrected chi connectivity index (χ2v) is 6.42. The van der Waals surface area contributed by atoms with Crippen LogP contribution in [0.5, 0.6) is 0 Å². The number of carbonyl (C=O) groups excluding carboxylic acids is 2. The first-order valence-electron chi connectivity index (χ1n) is 8.88. The molecule has 6 nitrogen and oxygen atoms in total. The molecule has 0 aromatic carbocycles. The number of nitrogens with zero attached hydrogens (tertiary/aromatic N) is 1. The van der Waals surface area contributed by atoms with Gasteiger partial charge < -0.3 is 4.90 Å². The van der Waals surface area contributed by atoms with Crippen LogP contribution < -0.4 is 16.4 Å². The lowest BCUT2D eigenvalue weighted by Crippen LogP contribution is -2.55. The summed E-state index contributed by atoms with van der Waals surface area (Å²) in [5, 5.41) is 0. The summed E-state index contributed by atoms with van der Waals surface area (Å²) in [5.74, 6) is -0.954. The Morgan fingerprint density at radius 2 is 1.45 bits per heavy atom. The van der Waals surface area contributed by atoms with Crippen molar-refractivity contribution in [3.05, 3.63) is 0 Å². The van der Waals surface area contributed by atoms with Crippen LogP contribution in [0.3, 0.4) is 0 Å². The van der Waals surface area contributed by atoms with Gasteiger partial charge >= 0.3 is 11.8 Å². The minimum absolute atomic E-state index is 0.226. The number of amides is 2. The van der Waals surface area contributed by atoms with Crippen molar-refractivity contribution in [1.82, 2.24) is 21.3 Å². The summed E-state index contributed by atoms with van der Waals surface area (Å²) < 4.78 is 0. The third kappa shape index (κ3) is 5.57. The van der Waals surface area contributed by atoms with Crippen molar-refractivity contribution in [3.63, 3.8) is 0 Å². The molecule has 0 aromatic heterocycles. The van der Waals surface area contributed by atoms with Crippen LogP contribution in [0.1, 0.15) is 70.6 Å². The van der Waals surface area contributed by atoms with Crippen molar-refractivity contribution in [3.8, 4) is 0 Å². The maximum atomic E-state index is 12.5. The summed E-state index contributed by atoms with van der Waals surface area (Å²) in [6, 6.07) is 0.226. The summed E-state index contributed by atoms with van der Waals surface area (Å²) in [6.45, 7) is 1.48. The zero-order valence-electron chi connectivity index (χ0n) is 13.5. The number of hydrazine groups is 2. The second kappa shape index (κ2) is 9.79. The molecule has 22 heavy (non-hydrogen) atoms. The predicted octanol–water partition coefficient (Wildman–Crippen LogP) is 1.63. The van der Waals surface area contributed by atoms with Gasteiger partial charge in [-0.05, 0) is 25.7 Å². The van der Waals surface area contributed by atoms with Crippen LogP contribution in [-0.4, -0.2) is 35.8 Å². The molecule has 2 amide bonds. The molecule has 0 radical (unpaired) electrons. The lowest BCUT2D eigenvalue weighted by atomic mass is 9.96. The fraction of sp³-hybridized carbons (Fsp3) is 0.875. The molecule has 0 atom stereocenters. The number of hydrogen-bond acceptors (Lipinski definition) is 4. The van der Waals surface area contributed by atoms with E-state index in [0.29, 0.717) is 6.54 Å². The molecule has 1 saturated carbocycles. The van der Waals surface area contributed by atoms with Crippen molar-refractivity contribution < 1.29 is 9.59 Å². The van der Waals surface area contributed by atoms with Crippen LogP contribution in [0.15, 0.2) is 0 Å². The number of hydrogen-bond donors (Lipinski definition) is 3. The Bertz CT molecular complexity index is 352. The van der Waals surface area contributed by atoms with Crippen LogP contribution in [0.25, 0.3) is 0 Å². The molecule has 0 spiro atoms. The smallest absolute Gasteiger partial charge is 0.324 e. The van der Waals surface area contributed by atoms with E-state index in [1.165, 1.54) is 32.1 Å². The van der Waals surface area contributed by atoms with Crippen LogP contribution in [-0.2, 0) is 9.59 Å². The summed E-state index contributed by atoms with van der Waals surface area (Å²) in [6.07, 6.45) is 12.7. The van der Waals surface area contributed by atoms with Gasteiger partial charge in [-0.3, -0.25) is 15.0 Å². The van der Waals surface area contributed by atoms with Crippen molar-refractivity contribution >= 4 is 11.8 Å². The van der Waals surface area contributed by atoms with Crippen molar-refractivity contribution in [1.29, 1.82) is 0 Å². The monoisotopic (exact) mass is 310 g/mol. The summed E-state index contributed by atoms with van der Waals surface area (Å²) >= 11 is 0. The van der Waals surface area contributed by atoms with E-state index in [0.717, 1.165) is 45.1 Å². The molecular weight excluding hydrogens is 280 g/mol. The first-order chi connectivity index (χ1) is 10.8. The van der Waals surface area contributed by atoms with Crippen molar-refractivity contribution in [2.45, 2.75) is 76.7 Å². The van der Waals surface area contributed by atoms with Crippen molar-refractivity contribution in [2.75, 3.05) is 13.1 Å². The molecule has 2 rings (SSSR count). The Labute approximate surface area is 133 Å². The Kier molecular flexibility index (Phi) is 7.66. The van der Waals surface area contributed by atoms with E-state index < -0.39 is 11.8 Å². The fourth-order valence-corrected chi connectivity index (χ4v) is 3.39. The minimum Gasteiger partial charge on any atom is -0.331 e. The highest BCUT2D eigenvalue weighted by Gasteiger charge is 2.28. The molecule has 3 N–H and O–H groups in total. The summed E-state index contributed by atoms with van der Waals surface area (Å²) in [7, 11) is 0. The highest BCUT2D eigenvalue weighted by atomic mass is 16.2. The Morgan fingerprint density at radius 3 is 2.14 bits per heavy atom. The molecule has 1 heterocycles. The number of carbonyl (C=O) groups is 2. The highest BCUT2D eigenvalue weighted by molar-refractivity contribution is 6.34. The van der Waals surface area contributed by atoms with Gasteiger partial charge in [0.2, 0.25) is 0 Å². The Balaban J connectivity index is 2.00. The first kappa shape index (κ1) is 17.2. The van der Waals surface area contributed by atoms with Crippen LogP contribution in [0.2, 0.25) is 0 Å². The average molecular weight is 310 g/mol. The van der Waals surface area contributed by atoms with Crippen LogP contribution >= 0.6 is 0 Å². The van der Waals surface area contributed by atoms with Gasteiger partial charge in [-0.2, -0.15) is 5.53 Å². The minimum atomic E-state index is -0.563. The van der Waals surface area contributed by atoms with Gasteiger partial charge in [-0.25, -0.2) is 5.43 Å². The largest absolute Gasteiger partial charge is 0.331 e. The van der Waals surface area contributed by atoms with Gasteiger partial charge in [0.15, 0.2) is 0 Å². The molecule has 1 aliphatic heterocycles. The van der Waals surface area contributed by atoms with Crippen LogP contribution in [0.4, 0.5) is 0 Å². The Morgan fingerprint density at radius 1 is 0.818 bits per heavy atom. The molecule has 0 bridgehead atoms. The molecule has 0 unspecified atom stereocenters. The van der Waals surface area contributed by atoms with Gasteiger partial charge in [0.25, 0.3) is 0 Å². The molecule has 0 aromatic rings. The number of rotatable bonds is 1. The van der Waals surface area contributed by atoms with E-state index in [1.54, 1.807) is 0 Å². The maximum absolute atomic E-state index is 12.5. The first-order valence-corrected chi connectivity index (χ1v) is 8.88. The molecular formula is C16H30N4O2. The summed E-state index contributed by atoms with van der Waals surface area (Å²) in [4.78, 5) is 26.3. The lowest BCUT2D eigenvalue weighted by molar-refractivity contribution is -0.148. The average Bonchev–Trinajstić information content (AvgIpc) is 2.54. The van der Waals surface area contributed by atoms with Crippen molar-refractivity contribution in [2.24, 2.45) is 0 Å². The number of nitrogens with one attached hydrogen (secondary N) is 3. The second-order valence-electron chi connectivity index (χ2n) is 6.42. The third-order valence-electron chi connectivity index (χ3n) is 4.69. The van der Waals surface area contributed by atoms with E-state index in [4.69, 9.17) is 0 Å². The molecule has 126 valence electrons. The molecule has 6 heteroatoms. The van der Waals surface area contributed by atoms with Crippen LogP contribution in [0, 0.1) is 0 Å². The molecule has 1 saturated heterocycles. The zero-order valence-corrected chi connectivity index (χ0v) is 13.5. The topological polar surface area (TPSA) is 73.5 Å². The van der Waals surface area contributed by atoms with E-state index in [-0.39, 0.29) is 6.04 Å². The quantitative estimate of drug-likeness (QED) is 0.644. The molecule has 2 aliphatic rings. The van der Waals surface area contributed by atoms with Gasteiger partial charge in [0, 0.05) is 19.1 Å². The lowest BCUT2D eigenvalue weighted by Gasteiger charge is -2.32. The molecule has 2 fully saturated rings. The summed E-state index contributed by atoms with van der Waals surface area (Å²) in [5.41, 5.74) is 7.91. The zero-order chi connectivity index (χ0) is 15.6. The predicted molar refractivity (Wildman–Crippen MR) is 85.6 cm³/mol. The van der Waals surface area contributed by atoms with E-state index in [2.05, 4.69) is 16.4 Å². The molecule has 1 aliphatic carbocycles. The normalized spacial score (nSPS) is 24.6. The maximum Gasteiger partial charge on any atom is 0.324 e. The highest BCUT2D eigenvalue weighted by Crippen LogP contribution is 2.21. The standard InChI is InChI=1S/C16H30N4O2/c21-15-16(22)20(13-9-8-12-17-19-18-15)14-10-6-4-2-1-3-5-7-11-14/h14,17,19H,1-13H2,(H,18,21). The van der Waals surface area contributed by atoms with E-state index in [1.807, 2.05) is 4.90 Å². The van der Waals surface area contributed by atoms with E-state index in [9.17, 15) is 9.59 Å². The van der Waals surface area contributed by atoms with Gasteiger partial charge in [0.05, 0.1) is 0 Å². The SMILES string of the molecule is O=C1NNNCCCCN(C2CCCCCCCCC2)C1=O. The van der Waals surface area contributed by atoms with E-state index >= 15 is 0 Å². The third-order valence-corrected chi connectivity index (χ3v) is 4.69. The Hall–Kier alpha value is -1.14. The van der Waals surface area contributed by atoms with Gasteiger partial charge in [0.1, 0.15) is 0 Å².